The third-order valence-corrected chi connectivity index (χ3v) is 4.74. The lowest BCUT2D eigenvalue weighted by Gasteiger charge is -2.08. The first-order valence-electron chi connectivity index (χ1n) is 8.98. The van der Waals surface area contributed by atoms with Crippen LogP contribution in [0.1, 0.15) is 11.3 Å². The highest BCUT2D eigenvalue weighted by molar-refractivity contribution is 5.90. The van der Waals surface area contributed by atoms with Crippen LogP contribution in [0.15, 0.2) is 36.9 Å². The van der Waals surface area contributed by atoms with Crippen molar-refractivity contribution in [2.45, 2.75) is 26.6 Å². The SMILES string of the molecule is COc1cc(-c2cc(C)c3c(O)n(-c4cnn(CC(F)(F)F)c4)cc3n2)cnc1C. The van der Waals surface area contributed by atoms with Gasteiger partial charge in [0.15, 0.2) is 0 Å². The Morgan fingerprint density at radius 3 is 2.60 bits per heavy atom. The van der Waals surface area contributed by atoms with Crippen molar-refractivity contribution in [3.05, 3.63) is 48.2 Å². The summed E-state index contributed by atoms with van der Waals surface area (Å²) in [7, 11) is 1.56. The van der Waals surface area contributed by atoms with Gasteiger partial charge in [0.1, 0.15) is 12.3 Å². The van der Waals surface area contributed by atoms with Gasteiger partial charge in [-0.2, -0.15) is 18.3 Å². The average molecular weight is 417 g/mol. The van der Waals surface area contributed by atoms with E-state index in [4.69, 9.17) is 4.74 Å². The van der Waals surface area contributed by atoms with Gasteiger partial charge in [-0.1, -0.05) is 0 Å². The molecule has 156 valence electrons. The van der Waals surface area contributed by atoms with Crippen molar-refractivity contribution in [1.82, 2.24) is 24.3 Å². The minimum absolute atomic E-state index is 0.118. The van der Waals surface area contributed by atoms with Crippen molar-refractivity contribution in [2.75, 3.05) is 7.11 Å². The molecule has 0 aromatic carbocycles. The molecule has 0 bridgehead atoms. The van der Waals surface area contributed by atoms with Gasteiger partial charge in [0.05, 0.1) is 41.3 Å². The van der Waals surface area contributed by atoms with E-state index in [2.05, 4.69) is 15.1 Å². The lowest BCUT2D eigenvalue weighted by atomic mass is 10.1. The fraction of sp³-hybridized carbons (Fsp3) is 0.250. The molecule has 0 spiro atoms. The number of methoxy groups -OCH3 is 1. The van der Waals surface area contributed by atoms with E-state index >= 15 is 0 Å². The van der Waals surface area contributed by atoms with Crippen LogP contribution in [0.3, 0.4) is 0 Å². The fourth-order valence-electron chi connectivity index (χ4n) is 3.34. The summed E-state index contributed by atoms with van der Waals surface area (Å²) in [5.41, 5.74) is 3.68. The van der Waals surface area contributed by atoms with Crippen molar-refractivity contribution in [1.29, 1.82) is 0 Å². The molecule has 0 amide bonds. The molecule has 0 aliphatic carbocycles. The summed E-state index contributed by atoms with van der Waals surface area (Å²) in [6.45, 7) is 2.45. The van der Waals surface area contributed by atoms with Crippen LogP contribution >= 0.6 is 0 Å². The number of pyridine rings is 2. The minimum Gasteiger partial charge on any atom is -0.495 e. The Morgan fingerprint density at radius 2 is 1.90 bits per heavy atom. The summed E-state index contributed by atoms with van der Waals surface area (Å²) >= 11 is 0. The normalized spacial score (nSPS) is 11.9. The highest BCUT2D eigenvalue weighted by Crippen LogP contribution is 2.34. The summed E-state index contributed by atoms with van der Waals surface area (Å²) < 4.78 is 45.2. The molecule has 10 heteroatoms. The van der Waals surface area contributed by atoms with Crippen molar-refractivity contribution in [3.63, 3.8) is 0 Å². The predicted octanol–water partition coefficient (Wildman–Crippen LogP) is 4.18. The van der Waals surface area contributed by atoms with Crippen molar-refractivity contribution in [3.8, 4) is 28.6 Å². The highest BCUT2D eigenvalue weighted by atomic mass is 19.4. The second kappa shape index (κ2) is 7.05. The van der Waals surface area contributed by atoms with Crippen molar-refractivity contribution < 1.29 is 23.0 Å². The number of rotatable bonds is 4. The Hall–Kier alpha value is -3.56. The van der Waals surface area contributed by atoms with E-state index in [1.807, 2.05) is 26.0 Å². The maximum absolute atomic E-state index is 12.6. The predicted molar refractivity (Wildman–Crippen MR) is 104 cm³/mol. The molecule has 7 nitrogen and oxygen atoms in total. The van der Waals surface area contributed by atoms with Gasteiger partial charge >= 0.3 is 6.18 Å². The number of hydrogen-bond acceptors (Lipinski definition) is 5. The van der Waals surface area contributed by atoms with E-state index in [-0.39, 0.29) is 5.88 Å². The molecule has 0 fully saturated rings. The Balaban J connectivity index is 1.78. The van der Waals surface area contributed by atoms with E-state index in [0.717, 1.165) is 21.5 Å². The molecule has 4 aromatic heterocycles. The zero-order chi connectivity index (χ0) is 21.6. The topological polar surface area (TPSA) is 78.0 Å². The number of alkyl halides is 3. The molecular weight excluding hydrogens is 399 g/mol. The molecule has 1 N–H and O–H groups in total. The van der Waals surface area contributed by atoms with Gasteiger partial charge in [0.2, 0.25) is 5.88 Å². The number of fused-ring (bicyclic) bond motifs is 1. The van der Waals surface area contributed by atoms with Gasteiger partial charge in [0, 0.05) is 24.2 Å². The first kappa shape index (κ1) is 19.7. The molecule has 0 radical (unpaired) electrons. The molecule has 0 saturated carbocycles. The maximum Gasteiger partial charge on any atom is 0.408 e. The summed E-state index contributed by atoms with van der Waals surface area (Å²) in [5, 5.41) is 14.9. The molecule has 30 heavy (non-hydrogen) atoms. The van der Waals surface area contributed by atoms with Crippen LogP contribution in [0.2, 0.25) is 0 Å². The average Bonchev–Trinajstić information content (AvgIpc) is 3.25. The number of ether oxygens (including phenoxy) is 1. The van der Waals surface area contributed by atoms with Gasteiger partial charge in [-0.25, -0.2) is 4.98 Å². The van der Waals surface area contributed by atoms with Gasteiger partial charge in [-0.15, -0.1) is 0 Å². The number of aryl methyl sites for hydroxylation is 2. The third kappa shape index (κ3) is 3.56. The molecule has 0 saturated heterocycles. The van der Waals surface area contributed by atoms with Crippen molar-refractivity contribution in [2.24, 2.45) is 0 Å². The van der Waals surface area contributed by atoms with Crippen molar-refractivity contribution >= 4 is 10.9 Å². The Morgan fingerprint density at radius 1 is 1.13 bits per heavy atom. The standard InChI is InChI=1S/C20H18F3N5O2/c1-11-4-15(13-5-17(30-3)12(2)24-6-13)26-16-9-28(19(29)18(11)16)14-7-25-27(8-14)10-20(21,22)23/h4-9,29H,10H2,1-3H3. The van der Waals surface area contributed by atoms with E-state index in [9.17, 15) is 18.3 Å². The summed E-state index contributed by atoms with van der Waals surface area (Å²) in [5.74, 6) is 0.511. The van der Waals surface area contributed by atoms with Gasteiger partial charge < -0.3 is 9.84 Å². The minimum atomic E-state index is -4.39. The van der Waals surface area contributed by atoms with Crippen LogP contribution < -0.4 is 4.74 Å². The second-order valence-corrected chi connectivity index (χ2v) is 6.93. The largest absolute Gasteiger partial charge is 0.495 e. The first-order valence-corrected chi connectivity index (χ1v) is 8.98. The van der Waals surface area contributed by atoms with Crippen LogP contribution in [0, 0.1) is 13.8 Å². The highest BCUT2D eigenvalue weighted by Gasteiger charge is 2.28. The summed E-state index contributed by atoms with van der Waals surface area (Å²) in [6, 6.07) is 3.64. The second-order valence-electron chi connectivity index (χ2n) is 6.93. The lowest BCUT2D eigenvalue weighted by Crippen LogP contribution is -2.17. The molecule has 0 atom stereocenters. The number of halogens is 3. The number of hydrogen-bond donors (Lipinski definition) is 1. The Kier molecular flexibility index (Phi) is 4.64. The molecule has 4 aromatic rings. The summed E-state index contributed by atoms with van der Waals surface area (Å²) in [6.07, 6.45) is 1.34. The monoisotopic (exact) mass is 417 g/mol. The first-order chi connectivity index (χ1) is 14.2. The molecular formula is C20H18F3N5O2. The van der Waals surface area contributed by atoms with Gasteiger partial charge in [-0.05, 0) is 31.5 Å². The van der Waals surface area contributed by atoms with E-state index in [1.54, 1.807) is 19.5 Å². The molecule has 0 aliphatic heterocycles. The van der Waals surface area contributed by atoms with Crippen LogP contribution in [0.5, 0.6) is 11.6 Å². The molecule has 4 rings (SSSR count). The fourth-order valence-corrected chi connectivity index (χ4v) is 3.34. The Labute approximate surface area is 169 Å². The zero-order valence-corrected chi connectivity index (χ0v) is 16.4. The van der Waals surface area contributed by atoms with Crippen LogP contribution in [0.25, 0.3) is 27.8 Å². The molecule has 0 aliphatic rings. The number of aromatic hydroxyl groups is 1. The summed E-state index contributed by atoms with van der Waals surface area (Å²) in [4.78, 5) is 8.92. The maximum atomic E-state index is 12.6. The molecule has 4 heterocycles. The zero-order valence-electron chi connectivity index (χ0n) is 16.4. The number of aromatic nitrogens is 5. The van der Waals surface area contributed by atoms with E-state index in [1.165, 1.54) is 17.0 Å². The number of nitrogens with zero attached hydrogens (tertiary/aromatic N) is 5. The van der Waals surface area contributed by atoms with Crippen LogP contribution in [-0.4, -0.2) is 42.7 Å². The van der Waals surface area contributed by atoms with Gasteiger partial charge in [-0.3, -0.25) is 14.2 Å². The third-order valence-electron chi connectivity index (χ3n) is 4.74. The van der Waals surface area contributed by atoms with Gasteiger partial charge in [0.25, 0.3) is 0 Å². The van der Waals surface area contributed by atoms with E-state index in [0.29, 0.717) is 28.0 Å². The van der Waals surface area contributed by atoms with Crippen LogP contribution in [-0.2, 0) is 6.54 Å². The quantitative estimate of drug-likeness (QED) is 0.539. The molecule has 0 unspecified atom stereocenters. The van der Waals surface area contributed by atoms with E-state index < -0.39 is 12.7 Å². The lowest BCUT2D eigenvalue weighted by molar-refractivity contribution is -0.142. The Bertz CT molecular complexity index is 1240. The van der Waals surface area contributed by atoms with Crippen LogP contribution in [0.4, 0.5) is 13.2 Å². The smallest absolute Gasteiger partial charge is 0.408 e.